The third-order valence-electron chi connectivity index (χ3n) is 2.97. The summed E-state index contributed by atoms with van der Waals surface area (Å²) in [5.74, 6) is 0.867. The van der Waals surface area contributed by atoms with Gasteiger partial charge in [-0.15, -0.1) is 0 Å². The van der Waals surface area contributed by atoms with Gasteiger partial charge in [-0.05, 0) is 35.4 Å². The summed E-state index contributed by atoms with van der Waals surface area (Å²) in [5, 5.41) is 0. The van der Waals surface area contributed by atoms with E-state index in [0.29, 0.717) is 6.61 Å². The van der Waals surface area contributed by atoms with Crippen molar-refractivity contribution in [2.24, 2.45) is 0 Å². The largest absolute Gasteiger partial charge is 0.497 e. The van der Waals surface area contributed by atoms with E-state index >= 15 is 0 Å². The van der Waals surface area contributed by atoms with Crippen LogP contribution in [0.3, 0.4) is 0 Å². The van der Waals surface area contributed by atoms with Gasteiger partial charge in [-0.2, -0.15) is 0 Å². The van der Waals surface area contributed by atoms with Gasteiger partial charge in [0.1, 0.15) is 5.75 Å². The zero-order chi connectivity index (χ0) is 14.4. The molecule has 1 atom stereocenters. The highest BCUT2D eigenvalue weighted by molar-refractivity contribution is 14.1. The fourth-order valence-electron chi connectivity index (χ4n) is 1.86. The van der Waals surface area contributed by atoms with Crippen LogP contribution in [0.2, 0.25) is 0 Å². The number of hydrogen-bond donors (Lipinski definition) is 0. The second-order valence-corrected chi connectivity index (χ2v) is 6.15. The number of alkyl halides is 1. The zero-order valence-corrected chi connectivity index (χ0v) is 14.9. The summed E-state index contributed by atoms with van der Waals surface area (Å²) in [6.45, 7) is 0.601. The van der Waals surface area contributed by atoms with Crippen molar-refractivity contribution in [3.8, 4) is 5.75 Å². The molecule has 2 nitrogen and oxygen atoms in total. The molecule has 0 saturated carbocycles. The Bertz CT molecular complexity index is 542. The molecule has 0 aliphatic carbocycles. The van der Waals surface area contributed by atoms with Crippen LogP contribution in [0.1, 0.15) is 17.2 Å². The van der Waals surface area contributed by atoms with Crippen molar-refractivity contribution in [2.75, 3.05) is 11.5 Å². The van der Waals surface area contributed by atoms with Crippen molar-refractivity contribution in [1.29, 1.82) is 0 Å². The van der Waals surface area contributed by atoms with Crippen LogP contribution in [0.25, 0.3) is 0 Å². The van der Waals surface area contributed by atoms with Crippen molar-refractivity contribution in [3.05, 3.63) is 64.1 Å². The molecule has 0 aliphatic rings. The predicted molar refractivity (Wildman–Crippen MR) is 93.6 cm³/mol. The molecule has 0 fully saturated rings. The van der Waals surface area contributed by atoms with E-state index < -0.39 is 0 Å². The average Bonchev–Trinajstić information content (AvgIpc) is 2.48. The first-order chi connectivity index (χ1) is 9.72. The van der Waals surface area contributed by atoms with Gasteiger partial charge >= 0.3 is 0 Å². The van der Waals surface area contributed by atoms with E-state index in [0.717, 1.165) is 20.2 Å². The van der Waals surface area contributed by atoms with Crippen molar-refractivity contribution in [3.63, 3.8) is 0 Å². The van der Waals surface area contributed by atoms with E-state index in [-0.39, 0.29) is 6.10 Å². The minimum atomic E-state index is 0.107. The van der Waals surface area contributed by atoms with Gasteiger partial charge in [0.15, 0.2) is 0 Å². The van der Waals surface area contributed by atoms with Crippen LogP contribution >= 0.6 is 38.5 Å². The monoisotopic (exact) mass is 446 g/mol. The normalized spacial score (nSPS) is 12.2. The number of halogens is 2. The van der Waals surface area contributed by atoms with Crippen molar-refractivity contribution in [2.45, 2.75) is 12.7 Å². The quantitative estimate of drug-likeness (QED) is 0.451. The van der Waals surface area contributed by atoms with Gasteiger partial charge in [0.2, 0.25) is 0 Å². The highest BCUT2D eigenvalue weighted by Crippen LogP contribution is 2.24. The molecule has 2 aromatic rings. The van der Waals surface area contributed by atoms with E-state index in [4.69, 9.17) is 9.47 Å². The van der Waals surface area contributed by atoms with Crippen LogP contribution in [0.5, 0.6) is 5.75 Å². The van der Waals surface area contributed by atoms with Crippen LogP contribution < -0.4 is 4.74 Å². The Balaban J connectivity index is 1.99. The smallest absolute Gasteiger partial charge is 0.118 e. The molecular formula is C16H16BrIO2. The standard InChI is InChI=1S/C16H16BrIO2/c1-19-15-7-5-12(6-8-15)11-20-16(10-18)13-3-2-4-14(17)9-13/h2-9,16H,10-11H2,1H3. The molecule has 0 aliphatic heterocycles. The van der Waals surface area contributed by atoms with E-state index in [1.165, 1.54) is 5.56 Å². The van der Waals surface area contributed by atoms with Crippen LogP contribution in [-0.2, 0) is 11.3 Å². The molecule has 0 aromatic heterocycles. The molecular weight excluding hydrogens is 431 g/mol. The Morgan fingerprint density at radius 2 is 1.90 bits per heavy atom. The Morgan fingerprint density at radius 3 is 2.50 bits per heavy atom. The lowest BCUT2D eigenvalue weighted by Crippen LogP contribution is -2.06. The van der Waals surface area contributed by atoms with E-state index in [1.807, 2.05) is 36.4 Å². The minimum Gasteiger partial charge on any atom is -0.497 e. The molecule has 106 valence electrons. The average molecular weight is 447 g/mol. The Hall–Kier alpha value is -0.590. The van der Waals surface area contributed by atoms with Gasteiger partial charge in [0.05, 0.1) is 19.8 Å². The topological polar surface area (TPSA) is 18.5 Å². The molecule has 2 rings (SSSR count). The number of hydrogen-bond acceptors (Lipinski definition) is 2. The van der Waals surface area contributed by atoms with Gasteiger partial charge in [-0.25, -0.2) is 0 Å². The molecule has 4 heteroatoms. The molecule has 0 bridgehead atoms. The predicted octanol–water partition coefficient (Wildman–Crippen LogP) is 5.15. The number of methoxy groups -OCH3 is 1. The summed E-state index contributed by atoms with van der Waals surface area (Å²) < 4.78 is 13.2. The summed E-state index contributed by atoms with van der Waals surface area (Å²) in [4.78, 5) is 0. The first-order valence-electron chi connectivity index (χ1n) is 6.29. The van der Waals surface area contributed by atoms with Crippen LogP contribution in [0.4, 0.5) is 0 Å². The van der Waals surface area contributed by atoms with Gasteiger partial charge in [0, 0.05) is 8.90 Å². The Kier molecular flexibility index (Phi) is 6.32. The Labute approximate surface area is 141 Å². The first kappa shape index (κ1) is 15.8. The van der Waals surface area contributed by atoms with Gasteiger partial charge < -0.3 is 9.47 Å². The number of ether oxygens (including phenoxy) is 2. The molecule has 2 aromatic carbocycles. The molecule has 0 saturated heterocycles. The Morgan fingerprint density at radius 1 is 1.15 bits per heavy atom. The van der Waals surface area contributed by atoms with Crippen LogP contribution in [0.15, 0.2) is 53.0 Å². The maximum absolute atomic E-state index is 6.02. The van der Waals surface area contributed by atoms with Crippen molar-refractivity contribution < 1.29 is 9.47 Å². The SMILES string of the molecule is COc1ccc(COC(CI)c2cccc(Br)c2)cc1. The molecule has 0 amide bonds. The number of benzene rings is 2. The van der Waals surface area contributed by atoms with Gasteiger partial charge in [-0.3, -0.25) is 0 Å². The second-order valence-electron chi connectivity index (χ2n) is 4.36. The van der Waals surface area contributed by atoms with Crippen molar-refractivity contribution in [1.82, 2.24) is 0 Å². The van der Waals surface area contributed by atoms with Crippen LogP contribution in [0, 0.1) is 0 Å². The van der Waals surface area contributed by atoms with Gasteiger partial charge in [-0.1, -0.05) is 62.8 Å². The molecule has 20 heavy (non-hydrogen) atoms. The maximum Gasteiger partial charge on any atom is 0.118 e. The summed E-state index contributed by atoms with van der Waals surface area (Å²) in [6, 6.07) is 16.2. The summed E-state index contributed by atoms with van der Waals surface area (Å²) in [5.41, 5.74) is 2.35. The summed E-state index contributed by atoms with van der Waals surface area (Å²) in [7, 11) is 1.67. The van der Waals surface area contributed by atoms with Crippen LogP contribution in [-0.4, -0.2) is 11.5 Å². The second kappa shape index (κ2) is 8.00. The minimum absolute atomic E-state index is 0.107. The highest BCUT2D eigenvalue weighted by atomic mass is 127. The third kappa shape index (κ3) is 4.46. The molecule has 0 N–H and O–H groups in total. The maximum atomic E-state index is 6.02. The summed E-state index contributed by atoms with van der Waals surface area (Å²) >= 11 is 5.86. The van der Waals surface area contributed by atoms with Gasteiger partial charge in [0.25, 0.3) is 0 Å². The first-order valence-corrected chi connectivity index (χ1v) is 8.60. The number of rotatable bonds is 6. The molecule has 1 unspecified atom stereocenters. The van der Waals surface area contributed by atoms with E-state index in [2.05, 4.69) is 50.7 Å². The molecule has 0 radical (unpaired) electrons. The zero-order valence-electron chi connectivity index (χ0n) is 11.2. The molecule has 0 heterocycles. The fourth-order valence-corrected chi connectivity index (χ4v) is 3.04. The van der Waals surface area contributed by atoms with E-state index in [1.54, 1.807) is 7.11 Å². The lowest BCUT2D eigenvalue weighted by molar-refractivity contribution is 0.0576. The lowest BCUT2D eigenvalue weighted by atomic mass is 10.1. The molecule has 0 spiro atoms. The lowest BCUT2D eigenvalue weighted by Gasteiger charge is -2.16. The highest BCUT2D eigenvalue weighted by Gasteiger charge is 2.11. The third-order valence-corrected chi connectivity index (χ3v) is 4.26. The van der Waals surface area contributed by atoms with E-state index in [9.17, 15) is 0 Å². The van der Waals surface area contributed by atoms with Crippen molar-refractivity contribution >= 4 is 38.5 Å². The fraction of sp³-hybridized carbons (Fsp3) is 0.250. The summed E-state index contributed by atoms with van der Waals surface area (Å²) in [6.07, 6.45) is 0.107.